The van der Waals surface area contributed by atoms with E-state index in [0.717, 1.165) is 17.0 Å². The summed E-state index contributed by atoms with van der Waals surface area (Å²) in [7, 11) is 2.23. The first kappa shape index (κ1) is 31.1. The maximum atomic E-state index is 5.70. The van der Waals surface area contributed by atoms with Crippen molar-refractivity contribution in [3.8, 4) is 11.1 Å². The molecule has 4 nitrogen and oxygen atoms in total. The summed E-state index contributed by atoms with van der Waals surface area (Å²) in [6.45, 7) is 2.26. The van der Waals surface area contributed by atoms with Gasteiger partial charge in [-0.15, -0.1) is 22.7 Å². The van der Waals surface area contributed by atoms with Crippen molar-refractivity contribution in [3.63, 3.8) is 0 Å². The Morgan fingerprint density at radius 2 is 1.38 bits per heavy atom. The normalized spacial score (nSPS) is 14.6. The van der Waals surface area contributed by atoms with Gasteiger partial charge in [-0.1, -0.05) is 109 Å². The molecule has 4 aromatic heterocycles. The number of benzene rings is 7. The van der Waals surface area contributed by atoms with Gasteiger partial charge in [0.1, 0.15) is 0 Å². The third kappa shape index (κ3) is 4.32. The molecule has 5 heterocycles. The van der Waals surface area contributed by atoms with E-state index in [9.17, 15) is 0 Å². The number of hydrogen-bond donors (Lipinski definition) is 0. The molecule has 1 aliphatic heterocycles. The van der Waals surface area contributed by atoms with Gasteiger partial charge in [0.25, 0.3) is 0 Å². The van der Waals surface area contributed by atoms with E-state index in [4.69, 9.17) is 4.99 Å². The van der Waals surface area contributed by atoms with Crippen LogP contribution in [-0.2, 0) is 0 Å². The lowest BCUT2D eigenvalue weighted by Gasteiger charge is -2.35. The molecule has 1 unspecified atom stereocenters. The van der Waals surface area contributed by atoms with Gasteiger partial charge in [0.05, 0.1) is 32.3 Å². The van der Waals surface area contributed by atoms with Crippen LogP contribution in [0.3, 0.4) is 0 Å². The summed E-state index contributed by atoms with van der Waals surface area (Å²) in [5, 5.41) is 11.3. The van der Waals surface area contributed by atoms with Gasteiger partial charge in [-0.05, 0) is 75.7 Å². The predicted octanol–water partition coefficient (Wildman–Crippen LogP) is 13.6. The third-order valence-electron chi connectivity index (χ3n) is 11.6. The summed E-state index contributed by atoms with van der Waals surface area (Å²) >= 11 is 3.76. The van der Waals surface area contributed by atoms with Crippen molar-refractivity contribution in [2.24, 2.45) is 4.99 Å². The van der Waals surface area contributed by atoms with Gasteiger partial charge in [-0.2, -0.15) is 0 Å². The summed E-state index contributed by atoms with van der Waals surface area (Å²) in [4.78, 5) is 13.8. The number of pyridine rings is 1. The smallest absolute Gasteiger partial charge is 0.211 e. The molecule has 0 radical (unpaired) electrons. The molecule has 0 saturated heterocycles. The van der Waals surface area contributed by atoms with E-state index in [1.807, 2.05) is 35.1 Å². The number of hydrogen-bond acceptors (Lipinski definition) is 5. The quantitative estimate of drug-likeness (QED) is 0.177. The highest BCUT2D eigenvalue weighted by atomic mass is 32.1. The maximum absolute atomic E-state index is 5.70. The number of fused-ring (bicyclic) bond motifs is 14. The van der Waals surface area contributed by atoms with Crippen molar-refractivity contribution in [2.75, 3.05) is 7.05 Å². The fourth-order valence-corrected chi connectivity index (χ4v) is 11.8. The van der Waals surface area contributed by atoms with E-state index < -0.39 is 0 Å². The van der Waals surface area contributed by atoms with Crippen LogP contribution in [0.15, 0.2) is 157 Å². The van der Waals surface area contributed by atoms with Gasteiger partial charge >= 0.3 is 0 Å². The second-order valence-electron chi connectivity index (χ2n) is 14.6. The van der Waals surface area contributed by atoms with Gasteiger partial charge in [0.15, 0.2) is 0 Å². The molecule has 6 heteroatoms. The summed E-state index contributed by atoms with van der Waals surface area (Å²) < 4.78 is 6.32. The number of thiophene rings is 2. The highest BCUT2D eigenvalue weighted by Gasteiger charge is 2.35. The largest absolute Gasteiger partial charge is 0.333 e. The van der Waals surface area contributed by atoms with Crippen molar-refractivity contribution in [3.05, 3.63) is 168 Å². The van der Waals surface area contributed by atoms with E-state index in [0.29, 0.717) is 0 Å². The molecule has 0 fully saturated rings. The first-order valence-corrected chi connectivity index (χ1v) is 20.3. The second kappa shape index (κ2) is 11.6. The Labute approximate surface area is 324 Å². The molecular weight excluding hydrogens is 709 g/mol. The Hall–Kier alpha value is -6.34. The summed E-state index contributed by atoms with van der Waals surface area (Å²) in [6.07, 6.45) is 3.85. The Morgan fingerprint density at radius 1 is 0.618 bits per heavy atom. The topological polar surface area (TPSA) is 33.4 Å². The number of aliphatic imine (C=N–C) groups is 1. The summed E-state index contributed by atoms with van der Waals surface area (Å²) in [5.41, 5.74) is 8.43. The van der Waals surface area contributed by atoms with Gasteiger partial charge in [0, 0.05) is 61.2 Å². The zero-order chi connectivity index (χ0) is 36.4. The first-order chi connectivity index (χ1) is 27.1. The van der Waals surface area contributed by atoms with Crippen LogP contribution < -0.4 is 0 Å². The zero-order valence-corrected chi connectivity index (χ0v) is 31.7. The Morgan fingerprint density at radius 3 is 2.25 bits per heavy atom. The number of aromatic nitrogens is 2. The average molecular weight is 741 g/mol. The Balaban J connectivity index is 1.23. The highest BCUT2D eigenvalue weighted by Crippen LogP contribution is 2.52. The van der Waals surface area contributed by atoms with E-state index in [2.05, 4.69) is 168 Å². The second-order valence-corrected chi connectivity index (χ2v) is 16.8. The van der Waals surface area contributed by atoms with Crippen LogP contribution >= 0.6 is 22.7 Å². The fraction of sp³-hybridized carbons (Fsp3) is 0.0612. The number of aryl methyl sites for hydroxylation is 1. The van der Waals surface area contributed by atoms with E-state index in [1.54, 1.807) is 0 Å². The summed E-state index contributed by atoms with van der Waals surface area (Å²) in [5.74, 6) is 0.939. The molecule has 11 aromatic rings. The van der Waals surface area contributed by atoms with Gasteiger partial charge in [-0.3, -0.25) is 9.55 Å². The molecule has 55 heavy (non-hydrogen) atoms. The molecule has 260 valence electrons. The van der Waals surface area contributed by atoms with Crippen molar-refractivity contribution < 1.29 is 0 Å². The molecule has 0 amide bonds. The lowest BCUT2D eigenvalue weighted by Crippen LogP contribution is -2.38. The lowest BCUT2D eigenvalue weighted by atomic mass is 9.95. The SMILES string of the molecule is Cc1cccc2c1c1c3ccccc3c3c4cc(-c5cccc6cnccc56)ccc4sc3c1n2C1=Nc2c(sc3ccccc23)C(c2ccccc2)N1C. The molecule has 7 aromatic carbocycles. The molecule has 0 aliphatic carbocycles. The molecule has 1 aliphatic rings. The minimum Gasteiger partial charge on any atom is -0.333 e. The summed E-state index contributed by atoms with van der Waals surface area (Å²) in [6, 6.07) is 51.1. The zero-order valence-electron chi connectivity index (χ0n) is 30.1. The van der Waals surface area contributed by atoms with Gasteiger partial charge in [0.2, 0.25) is 5.96 Å². The number of rotatable bonds is 2. The standard InChI is InChI=1S/C49H32N4S2/c1-28-12-10-20-38-41(28)43-35-17-7-6-16-34(35)42-37-26-30(32-19-11-15-31-27-50-25-24-33(31)32)22-23-40(37)54-47(42)46(43)53(38)49-51-44-36-18-8-9-21-39(36)55-48(44)45(52(49)2)29-13-4-3-5-14-29/h3-27,45H,1-2H3. The molecule has 12 rings (SSSR count). The van der Waals surface area contributed by atoms with Gasteiger partial charge < -0.3 is 4.90 Å². The van der Waals surface area contributed by atoms with Crippen molar-refractivity contribution in [2.45, 2.75) is 13.0 Å². The van der Waals surface area contributed by atoms with Crippen LogP contribution in [0.4, 0.5) is 5.69 Å². The van der Waals surface area contributed by atoms with E-state index in [1.165, 1.54) is 95.4 Å². The van der Waals surface area contributed by atoms with Crippen molar-refractivity contribution in [1.29, 1.82) is 0 Å². The Bertz CT molecular complexity index is 3420. The van der Waals surface area contributed by atoms with E-state index in [-0.39, 0.29) is 6.04 Å². The minimum absolute atomic E-state index is 0.00946. The van der Waals surface area contributed by atoms with Crippen LogP contribution in [0.5, 0.6) is 0 Å². The van der Waals surface area contributed by atoms with Gasteiger partial charge in [-0.25, -0.2) is 4.99 Å². The predicted molar refractivity (Wildman–Crippen MR) is 236 cm³/mol. The van der Waals surface area contributed by atoms with Crippen LogP contribution in [-0.4, -0.2) is 27.5 Å². The fourth-order valence-electron chi connectivity index (χ4n) is 9.23. The van der Waals surface area contributed by atoms with Crippen molar-refractivity contribution in [1.82, 2.24) is 14.5 Å². The molecule has 0 spiro atoms. The molecular formula is C49H32N4S2. The Kier molecular flexibility index (Phi) is 6.54. The number of nitrogens with zero attached hydrogens (tertiary/aromatic N) is 4. The van der Waals surface area contributed by atoms with Crippen LogP contribution in [0.2, 0.25) is 0 Å². The first-order valence-electron chi connectivity index (χ1n) is 18.7. The van der Waals surface area contributed by atoms with Crippen LogP contribution in [0.25, 0.3) is 84.7 Å². The minimum atomic E-state index is 0.00946. The molecule has 0 N–H and O–H groups in total. The third-order valence-corrected chi connectivity index (χ3v) is 14.0. The monoisotopic (exact) mass is 740 g/mol. The van der Waals surface area contributed by atoms with E-state index >= 15 is 0 Å². The van der Waals surface area contributed by atoms with Crippen LogP contribution in [0.1, 0.15) is 22.0 Å². The van der Waals surface area contributed by atoms with Crippen LogP contribution in [0, 0.1) is 6.92 Å². The molecule has 0 bridgehead atoms. The lowest BCUT2D eigenvalue weighted by molar-refractivity contribution is 0.416. The van der Waals surface area contributed by atoms with Crippen molar-refractivity contribution >= 4 is 108 Å². The molecule has 0 saturated carbocycles. The highest BCUT2D eigenvalue weighted by molar-refractivity contribution is 7.27. The maximum Gasteiger partial charge on any atom is 0.211 e. The molecule has 1 atom stereocenters. The average Bonchev–Trinajstić information content (AvgIpc) is 3.91.